The zero-order valence-electron chi connectivity index (χ0n) is 6.27. The van der Waals surface area contributed by atoms with Crippen LogP contribution in [0.25, 0.3) is 0 Å². The Hall–Kier alpha value is -0.800. The van der Waals surface area contributed by atoms with Crippen LogP contribution in [0.3, 0.4) is 0 Å². The maximum absolute atomic E-state index is 13.1. The number of hydrogen-bond acceptors (Lipinski definition) is 1. The normalized spacial score (nSPS) is 27.0. The summed E-state index contributed by atoms with van der Waals surface area (Å²) in [7, 11) is 0. The summed E-state index contributed by atoms with van der Waals surface area (Å²) in [6.45, 7) is 1.61. The van der Waals surface area contributed by atoms with E-state index in [1.54, 1.807) is 4.90 Å². The monoisotopic (exact) mass is 158 g/mol. The Morgan fingerprint density at radius 2 is 2.36 bits per heavy atom. The van der Waals surface area contributed by atoms with Gasteiger partial charge in [-0.05, 0) is 12.8 Å². The molecule has 0 atom stereocenters. The molecule has 3 nitrogen and oxygen atoms in total. The average Bonchev–Trinajstić information content (AvgIpc) is 2.54. The highest BCUT2D eigenvalue weighted by molar-refractivity contribution is 5.76. The van der Waals surface area contributed by atoms with Gasteiger partial charge in [0.15, 0.2) is 0 Å². The highest BCUT2D eigenvalue weighted by Crippen LogP contribution is 2.40. The first-order valence-corrected chi connectivity index (χ1v) is 3.91. The summed E-state index contributed by atoms with van der Waals surface area (Å²) in [6.07, 6.45) is 1.24. The van der Waals surface area contributed by atoms with Crippen molar-refractivity contribution in [2.24, 2.45) is 0 Å². The minimum atomic E-state index is -1.04. The van der Waals surface area contributed by atoms with Crippen LogP contribution < -0.4 is 5.32 Å². The van der Waals surface area contributed by atoms with Crippen molar-refractivity contribution in [2.75, 3.05) is 19.6 Å². The number of amides is 2. The van der Waals surface area contributed by atoms with E-state index in [0.29, 0.717) is 32.5 Å². The summed E-state index contributed by atoms with van der Waals surface area (Å²) in [5, 5.41) is 2.64. The molecule has 1 aliphatic carbocycles. The van der Waals surface area contributed by atoms with Gasteiger partial charge in [-0.3, -0.25) is 0 Å². The molecule has 62 valence electrons. The van der Waals surface area contributed by atoms with Crippen molar-refractivity contribution in [3.05, 3.63) is 0 Å². The third kappa shape index (κ3) is 1.29. The van der Waals surface area contributed by atoms with Crippen LogP contribution in [-0.2, 0) is 0 Å². The predicted molar refractivity (Wildman–Crippen MR) is 38.0 cm³/mol. The molecular formula is C7H11FN2O. The fourth-order valence-corrected chi connectivity index (χ4v) is 1.30. The molecule has 0 spiro atoms. The number of hydrogen-bond donors (Lipinski definition) is 1. The highest BCUT2D eigenvalue weighted by Gasteiger charge is 2.45. The van der Waals surface area contributed by atoms with Gasteiger partial charge < -0.3 is 10.2 Å². The summed E-state index contributed by atoms with van der Waals surface area (Å²) in [6, 6.07) is -0.117. The van der Waals surface area contributed by atoms with Gasteiger partial charge in [-0.25, -0.2) is 9.18 Å². The van der Waals surface area contributed by atoms with Crippen molar-refractivity contribution < 1.29 is 9.18 Å². The Kier molecular flexibility index (Phi) is 1.31. The first-order valence-electron chi connectivity index (χ1n) is 3.91. The quantitative estimate of drug-likeness (QED) is 0.624. The van der Waals surface area contributed by atoms with Crippen molar-refractivity contribution in [3.63, 3.8) is 0 Å². The third-order valence-corrected chi connectivity index (χ3v) is 2.21. The molecule has 4 heteroatoms. The van der Waals surface area contributed by atoms with Crippen LogP contribution in [0.5, 0.6) is 0 Å². The number of carbonyl (C=O) groups is 1. The van der Waals surface area contributed by atoms with E-state index in [-0.39, 0.29) is 6.03 Å². The van der Waals surface area contributed by atoms with E-state index in [1.807, 2.05) is 0 Å². The first kappa shape index (κ1) is 6.88. The molecular weight excluding hydrogens is 147 g/mol. The predicted octanol–water partition coefficient (Wildman–Crippen LogP) is 0.514. The standard InChI is InChI=1S/C7H11FN2O/c8-7(1-2-7)5-10-4-3-9-6(10)11/h1-5H2,(H,9,11). The SMILES string of the molecule is O=C1NCCN1CC1(F)CC1. The van der Waals surface area contributed by atoms with Crippen LogP contribution in [0.15, 0.2) is 0 Å². The fraction of sp³-hybridized carbons (Fsp3) is 0.857. The topological polar surface area (TPSA) is 32.3 Å². The zero-order valence-corrected chi connectivity index (χ0v) is 6.27. The van der Waals surface area contributed by atoms with E-state index < -0.39 is 5.67 Å². The second-order valence-electron chi connectivity index (χ2n) is 3.30. The largest absolute Gasteiger partial charge is 0.336 e. The van der Waals surface area contributed by atoms with Gasteiger partial charge in [0.2, 0.25) is 0 Å². The van der Waals surface area contributed by atoms with Crippen molar-refractivity contribution in [1.29, 1.82) is 0 Å². The van der Waals surface area contributed by atoms with E-state index in [0.717, 1.165) is 0 Å². The van der Waals surface area contributed by atoms with Crippen molar-refractivity contribution in [3.8, 4) is 0 Å². The van der Waals surface area contributed by atoms with Gasteiger partial charge in [-0.1, -0.05) is 0 Å². The molecule has 0 radical (unpaired) electrons. The lowest BCUT2D eigenvalue weighted by Crippen LogP contribution is -2.34. The number of carbonyl (C=O) groups excluding carboxylic acids is 1. The molecule has 0 aromatic heterocycles. The van der Waals surface area contributed by atoms with E-state index in [4.69, 9.17) is 0 Å². The first-order chi connectivity index (χ1) is 5.20. The lowest BCUT2D eigenvalue weighted by Gasteiger charge is -2.15. The van der Waals surface area contributed by atoms with Crippen molar-refractivity contribution in [2.45, 2.75) is 18.5 Å². The maximum atomic E-state index is 13.1. The van der Waals surface area contributed by atoms with E-state index >= 15 is 0 Å². The summed E-state index contributed by atoms with van der Waals surface area (Å²) in [5.41, 5.74) is -1.04. The Labute approximate surface area is 64.6 Å². The van der Waals surface area contributed by atoms with Gasteiger partial charge in [-0.2, -0.15) is 0 Å². The molecule has 2 fully saturated rings. The highest BCUT2D eigenvalue weighted by atomic mass is 19.1. The second-order valence-corrected chi connectivity index (χ2v) is 3.30. The zero-order chi connectivity index (χ0) is 7.90. The molecule has 11 heavy (non-hydrogen) atoms. The molecule has 0 aromatic carbocycles. The summed E-state index contributed by atoms with van der Waals surface area (Å²) in [4.78, 5) is 12.5. The molecule has 0 unspecified atom stereocenters. The van der Waals surface area contributed by atoms with E-state index in [2.05, 4.69) is 5.32 Å². The molecule has 1 saturated carbocycles. The van der Waals surface area contributed by atoms with Gasteiger partial charge in [0.1, 0.15) is 5.67 Å². The van der Waals surface area contributed by atoms with Gasteiger partial charge >= 0.3 is 6.03 Å². The van der Waals surface area contributed by atoms with E-state index in [9.17, 15) is 9.18 Å². The molecule has 2 aliphatic rings. The Balaban J connectivity index is 1.90. The third-order valence-electron chi connectivity index (χ3n) is 2.21. The summed E-state index contributed by atoms with van der Waals surface area (Å²) in [5.74, 6) is 0. The minimum absolute atomic E-state index is 0.117. The van der Waals surface area contributed by atoms with Crippen molar-refractivity contribution in [1.82, 2.24) is 10.2 Å². The lowest BCUT2D eigenvalue weighted by atomic mass is 10.3. The van der Waals surface area contributed by atoms with Gasteiger partial charge in [0.05, 0.1) is 6.54 Å². The number of nitrogens with zero attached hydrogens (tertiary/aromatic N) is 1. The Morgan fingerprint density at radius 3 is 2.82 bits per heavy atom. The van der Waals surface area contributed by atoms with Crippen LogP contribution in [0.4, 0.5) is 9.18 Å². The molecule has 1 N–H and O–H groups in total. The van der Waals surface area contributed by atoms with Crippen LogP contribution in [-0.4, -0.2) is 36.2 Å². The molecule has 1 heterocycles. The summed E-state index contributed by atoms with van der Waals surface area (Å²) >= 11 is 0. The molecule has 0 bridgehead atoms. The fourth-order valence-electron chi connectivity index (χ4n) is 1.30. The molecule has 2 amide bonds. The Bertz CT molecular complexity index is 191. The van der Waals surface area contributed by atoms with Crippen LogP contribution in [0, 0.1) is 0 Å². The van der Waals surface area contributed by atoms with Crippen LogP contribution >= 0.6 is 0 Å². The number of nitrogens with one attached hydrogen (secondary N) is 1. The molecule has 2 rings (SSSR count). The molecule has 1 aliphatic heterocycles. The van der Waals surface area contributed by atoms with Gasteiger partial charge in [0.25, 0.3) is 0 Å². The molecule has 0 aromatic rings. The number of rotatable bonds is 2. The smallest absolute Gasteiger partial charge is 0.317 e. The number of halogens is 1. The van der Waals surface area contributed by atoms with Crippen LogP contribution in [0.2, 0.25) is 0 Å². The van der Waals surface area contributed by atoms with Gasteiger partial charge in [0, 0.05) is 13.1 Å². The minimum Gasteiger partial charge on any atom is -0.336 e. The summed E-state index contributed by atoms with van der Waals surface area (Å²) < 4.78 is 13.1. The molecule has 1 saturated heterocycles. The van der Waals surface area contributed by atoms with Gasteiger partial charge in [-0.15, -0.1) is 0 Å². The van der Waals surface area contributed by atoms with Crippen LogP contribution in [0.1, 0.15) is 12.8 Å². The number of alkyl halides is 1. The maximum Gasteiger partial charge on any atom is 0.317 e. The van der Waals surface area contributed by atoms with E-state index in [1.165, 1.54) is 0 Å². The Morgan fingerprint density at radius 1 is 1.64 bits per heavy atom. The second kappa shape index (κ2) is 2.09. The number of urea groups is 1. The lowest BCUT2D eigenvalue weighted by molar-refractivity contribution is 0.187. The average molecular weight is 158 g/mol. The van der Waals surface area contributed by atoms with Crippen molar-refractivity contribution >= 4 is 6.03 Å².